The molecule has 0 bridgehead atoms. The zero-order chi connectivity index (χ0) is 17.1. The molecule has 1 atom stereocenters. The van der Waals surface area contributed by atoms with Gasteiger partial charge < -0.3 is 14.0 Å². The van der Waals surface area contributed by atoms with Crippen molar-refractivity contribution in [2.24, 2.45) is 0 Å². The number of para-hydroxylation sites is 1. The number of methoxy groups -OCH3 is 1. The topological polar surface area (TPSA) is 40.5 Å². The fourth-order valence-electron chi connectivity index (χ4n) is 2.90. The number of benzene rings is 2. The van der Waals surface area contributed by atoms with Gasteiger partial charge in [-0.05, 0) is 50.2 Å². The molecule has 1 heterocycles. The van der Waals surface area contributed by atoms with Crippen molar-refractivity contribution in [3.8, 4) is 11.4 Å². The van der Waals surface area contributed by atoms with Crippen LogP contribution in [0.25, 0.3) is 16.6 Å². The first-order valence-corrected chi connectivity index (χ1v) is 8.07. The maximum Gasteiger partial charge on any atom is 0.314 e. The van der Waals surface area contributed by atoms with Crippen LogP contribution in [0.1, 0.15) is 25.5 Å². The molecule has 1 aromatic heterocycles. The van der Waals surface area contributed by atoms with Gasteiger partial charge >= 0.3 is 5.97 Å². The van der Waals surface area contributed by atoms with Crippen LogP contribution in [-0.4, -0.2) is 24.3 Å². The number of hydrogen-bond acceptors (Lipinski definition) is 3. The highest BCUT2D eigenvalue weighted by molar-refractivity contribution is 5.87. The summed E-state index contributed by atoms with van der Waals surface area (Å²) in [7, 11) is 1.65. The molecule has 0 aliphatic carbocycles. The minimum absolute atomic E-state index is 0.213. The fraction of sp³-hybridized carbons (Fsp3) is 0.250. The first kappa shape index (κ1) is 16.1. The van der Waals surface area contributed by atoms with Gasteiger partial charge in [0.25, 0.3) is 0 Å². The van der Waals surface area contributed by atoms with Crippen LogP contribution < -0.4 is 4.74 Å². The lowest BCUT2D eigenvalue weighted by Gasteiger charge is -2.16. The molecule has 124 valence electrons. The Morgan fingerprint density at radius 2 is 1.83 bits per heavy atom. The Labute approximate surface area is 141 Å². The van der Waals surface area contributed by atoms with E-state index in [1.54, 1.807) is 7.11 Å². The van der Waals surface area contributed by atoms with E-state index in [-0.39, 0.29) is 11.9 Å². The summed E-state index contributed by atoms with van der Waals surface area (Å²) in [5.74, 6) is 0.240. The second-order valence-corrected chi connectivity index (χ2v) is 5.64. The van der Waals surface area contributed by atoms with Crippen LogP contribution in [0.2, 0.25) is 0 Å². The van der Waals surface area contributed by atoms with Crippen molar-refractivity contribution in [2.75, 3.05) is 13.7 Å². The van der Waals surface area contributed by atoms with E-state index in [4.69, 9.17) is 9.47 Å². The quantitative estimate of drug-likeness (QED) is 0.657. The first-order valence-electron chi connectivity index (χ1n) is 8.07. The van der Waals surface area contributed by atoms with Crippen LogP contribution in [0.5, 0.6) is 5.75 Å². The van der Waals surface area contributed by atoms with Crippen molar-refractivity contribution < 1.29 is 14.3 Å². The van der Waals surface area contributed by atoms with Gasteiger partial charge in [0.1, 0.15) is 5.75 Å². The summed E-state index contributed by atoms with van der Waals surface area (Å²) in [6.07, 6.45) is 0. The van der Waals surface area contributed by atoms with Crippen LogP contribution in [-0.2, 0) is 9.53 Å². The van der Waals surface area contributed by atoms with Gasteiger partial charge in [-0.15, -0.1) is 0 Å². The van der Waals surface area contributed by atoms with Gasteiger partial charge in [0.15, 0.2) is 0 Å². The normalized spacial score (nSPS) is 12.1. The number of nitrogens with zero attached hydrogens (tertiary/aromatic N) is 1. The molecule has 2 aromatic carbocycles. The summed E-state index contributed by atoms with van der Waals surface area (Å²) in [5.41, 5.74) is 2.97. The average molecular weight is 323 g/mol. The number of carbonyl (C=O) groups excluding carboxylic acids is 1. The monoisotopic (exact) mass is 323 g/mol. The van der Waals surface area contributed by atoms with Gasteiger partial charge in [-0.3, -0.25) is 4.79 Å². The molecular formula is C20H21NO3. The largest absolute Gasteiger partial charge is 0.497 e. The van der Waals surface area contributed by atoms with Crippen molar-refractivity contribution >= 4 is 16.9 Å². The third-order valence-electron chi connectivity index (χ3n) is 4.15. The Balaban J connectivity index is 2.16. The molecule has 0 N–H and O–H groups in total. The van der Waals surface area contributed by atoms with E-state index in [1.165, 1.54) is 0 Å². The third-order valence-corrected chi connectivity index (χ3v) is 4.15. The molecule has 3 rings (SSSR count). The Hall–Kier alpha value is -2.75. The van der Waals surface area contributed by atoms with Crippen LogP contribution in [0.3, 0.4) is 0 Å². The standard InChI is InChI=1S/C20H21NO3/c1-4-24-20(22)14(2)19-13-15-7-5-6-8-18(15)21(19)16-9-11-17(23-3)12-10-16/h5-14H,4H2,1-3H3. The minimum atomic E-state index is -0.348. The molecule has 4 nitrogen and oxygen atoms in total. The highest BCUT2D eigenvalue weighted by Crippen LogP contribution is 2.30. The molecule has 3 aromatic rings. The maximum absolute atomic E-state index is 12.2. The Morgan fingerprint density at radius 3 is 2.50 bits per heavy atom. The van der Waals surface area contributed by atoms with Crippen LogP contribution in [0.15, 0.2) is 54.6 Å². The van der Waals surface area contributed by atoms with Gasteiger partial charge in [0.2, 0.25) is 0 Å². The summed E-state index contributed by atoms with van der Waals surface area (Å²) in [6, 6.07) is 18.0. The van der Waals surface area contributed by atoms with Crippen molar-refractivity contribution in [1.82, 2.24) is 4.57 Å². The summed E-state index contributed by atoms with van der Waals surface area (Å²) >= 11 is 0. The molecule has 0 aliphatic rings. The lowest BCUT2D eigenvalue weighted by atomic mass is 10.1. The van der Waals surface area contributed by atoms with Crippen LogP contribution >= 0.6 is 0 Å². The molecule has 0 radical (unpaired) electrons. The minimum Gasteiger partial charge on any atom is -0.497 e. The number of fused-ring (bicyclic) bond motifs is 1. The number of esters is 1. The van der Waals surface area contributed by atoms with Crippen LogP contribution in [0, 0.1) is 0 Å². The van der Waals surface area contributed by atoms with Crippen LogP contribution in [0.4, 0.5) is 0 Å². The summed E-state index contributed by atoms with van der Waals surface area (Å²) in [4.78, 5) is 12.2. The Kier molecular flexibility index (Phi) is 4.56. The van der Waals surface area contributed by atoms with E-state index >= 15 is 0 Å². The van der Waals surface area contributed by atoms with E-state index in [2.05, 4.69) is 22.8 Å². The molecule has 0 aliphatic heterocycles. The van der Waals surface area contributed by atoms with Crippen molar-refractivity contribution in [2.45, 2.75) is 19.8 Å². The molecule has 1 unspecified atom stereocenters. The van der Waals surface area contributed by atoms with E-state index in [9.17, 15) is 4.79 Å². The zero-order valence-corrected chi connectivity index (χ0v) is 14.2. The Morgan fingerprint density at radius 1 is 1.12 bits per heavy atom. The zero-order valence-electron chi connectivity index (χ0n) is 14.2. The molecule has 0 spiro atoms. The van der Waals surface area contributed by atoms with E-state index in [0.29, 0.717) is 6.61 Å². The fourth-order valence-corrected chi connectivity index (χ4v) is 2.90. The summed E-state index contributed by atoms with van der Waals surface area (Å²) < 4.78 is 12.6. The maximum atomic E-state index is 12.2. The predicted molar refractivity (Wildman–Crippen MR) is 94.9 cm³/mol. The molecule has 0 saturated carbocycles. The summed E-state index contributed by atoms with van der Waals surface area (Å²) in [5, 5.41) is 1.10. The number of hydrogen-bond donors (Lipinski definition) is 0. The van der Waals surface area contributed by atoms with Gasteiger partial charge in [-0.1, -0.05) is 18.2 Å². The highest BCUT2D eigenvalue weighted by Gasteiger charge is 2.22. The Bertz CT molecular complexity index is 849. The van der Waals surface area contributed by atoms with E-state index in [0.717, 1.165) is 28.0 Å². The molecule has 24 heavy (non-hydrogen) atoms. The first-order chi connectivity index (χ1) is 11.7. The van der Waals surface area contributed by atoms with Gasteiger partial charge in [-0.2, -0.15) is 0 Å². The van der Waals surface area contributed by atoms with Crippen molar-refractivity contribution in [3.63, 3.8) is 0 Å². The molecule has 4 heteroatoms. The molecule has 0 fully saturated rings. The van der Waals surface area contributed by atoms with E-state index < -0.39 is 0 Å². The third kappa shape index (κ3) is 2.87. The van der Waals surface area contributed by atoms with Gasteiger partial charge in [-0.25, -0.2) is 0 Å². The molecular weight excluding hydrogens is 302 g/mol. The number of aromatic nitrogens is 1. The van der Waals surface area contributed by atoms with Gasteiger partial charge in [0.05, 0.1) is 25.2 Å². The SMILES string of the molecule is CCOC(=O)C(C)c1cc2ccccc2n1-c1ccc(OC)cc1. The lowest BCUT2D eigenvalue weighted by molar-refractivity contribution is -0.144. The number of rotatable bonds is 5. The van der Waals surface area contributed by atoms with Gasteiger partial charge in [0, 0.05) is 16.8 Å². The highest BCUT2D eigenvalue weighted by atomic mass is 16.5. The molecule has 0 amide bonds. The molecule has 0 saturated heterocycles. The second-order valence-electron chi connectivity index (χ2n) is 5.64. The average Bonchev–Trinajstić information content (AvgIpc) is 3.00. The summed E-state index contributed by atoms with van der Waals surface area (Å²) in [6.45, 7) is 4.09. The van der Waals surface area contributed by atoms with Crippen molar-refractivity contribution in [3.05, 3.63) is 60.3 Å². The number of carbonyl (C=O) groups is 1. The number of ether oxygens (including phenoxy) is 2. The predicted octanol–water partition coefficient (Wildman–Crippen LogP) is 4.31. The second kappa shape index (κ2) is 6.79. The van der Waals surface area contributed by atoms with E-state index in [1.807, 2.05) is 50.2 Å². The lowest BCUT2D eigenvalue weighted by Crippen LogP contribution is -2.16. The van der Waals surface area contributed by atoms with Crippen molar-refractivity contribution in [1.29, 1.82) is 0 Å². The smallest absolute Gasteiger partial charge is 0.314 e.